The predicted octanol–water partition coefficient (Wildman–Crippen LogP) is 4.87. The first-order valence-electron chi connectivity index (χ1n) is 12.9. The molecule has 0 aliphatic carbocycles. The molecule has 2 bridgehead atoms. The highest BCUT2D eigenvalue weighted by Gasteiger charge is 2.42. The molecule has 2 heterocycles. The Hall–Kier alpha value is -2.28. The molecule has 2 aliphatic heterocycles. The zero-order valence-electron chi connectivity index (χ0n) is 21.5. The molecule has 1 aromatic carbocycles. The van der Waals surface area contributed by atoms with E-state index in [0.29, 0.717) is 24.5 Å². The molecule has 190 valence electrons. The van der Waals surface area contributed by atoms with E-state index in [1.54, 1.807) is 12.1 Å². The number of piperidine rings is 1. The Kier molecular flexibility index (Phi) is 8.50. The fourth-order valence-corrected chi connectivity index (χ4v) is 5.66. The van der Waals surface area contributed by atoms with Gasteiger partial charge in [-0.2, -0.15) is 0 Å². The lowest BCUT2D eigenvalue weighted by atomic mass is 9.83. The normalized spacial score (nSPS) is 22.7. The number of phenols is 1. The number of para-hydroxylation sites is 1. The average Bonchev–Trinajstić information content (AvgIpc) is 2.99. The zero-order chi connectivity index (χ0) is 25.0. The lowest BCUT2D eigenvalue weighted by Crippen LogP contribution is -2.48. The summed E-state index contributed by atoms with van der Waals surface area (Å²) in [5.74, 6) is 0.114. The van der Waals surface area contributed by atoms with Crippen molar-refractivity contribution >= 4 is 12.0 Å². The number of fused-ring (bicyclic) bond motifs is 2. The number of benzene rings is 1. The number of ether oxygens (including phenoxy) is 1. The number of hydrogen-bond acceptors (Lipinski definition) is 5. The van der Waals surface area contributed by atoms with Gasteiger partial charge in [-0.05, 0) is 69.9 Å². The Morgan fingerprint density at radius 1 is 1.18 bits per heavy atom. The molecule has 2 fully saturated rings. The quantitative estimate of drug-likeness (QED) is 0.533. The molecule has 0 aromatic heterocycles. The summed E-state index contributed by atoms with van der Waals surface area (Å²) in [4.78, 5) is 29.1. The highest BCUT2D eigenvalue weighted by molar-refractivity contribution is 5.96. The van der Waals surface area contributed by atoms with Crippen LogP contribution in [0.3, 0.4) is 0 Å². The molecule has 2 aliphatic rings. The molecule has 0 saturated carbocycles. The molecule has 0 unspecified atom stereocenters. The molecule has 2 saturated heterocycles. The maximum atomic E-state index is 13.0. The van der Waals surface area contributed by atoms with Crippen LogP contribution in [0.15, 0.2) is 18.2 Å². The lowest BCUT2D eigenvalue weighted by Gasteiger charge is -2.40. The lowest BCUT2D eigenvalue weighted by molar-refractivity contribution is 0.0168. The highest BCUT2D eigenvalue weighted by atomic mass is 16.6. The maximum Gasteiger partial charge on any atom is 0.410 e. The minimum Gasteiger partial charge on any atom is -0.507 e. The first-order valence-corrected chi connectivity index (χ1v) is 12.9. The van der Waals surface area contributed by atoms with Gasteiger partial charge in [0, 0.05) is 31.7 Å². The third-order valence-electron chi connectivity index (χ3n) is 7.57. The van der Waals surface area contributed by atoms with Gasteiger partial charge in [-0.3, -0.25) is 9.69 Å². The second-order valence-electron chi connectivity index (χ2n) is 11.0. The number of carbonyl (C=O) groups is 2. The number of nitrogens with two attached hydrogens (primary N) is 1. The van der Waals surface area contributed by atoms with Crippen LogP contribution in [0.5, 0.6) is 5.75 Å². The molecule has 3 N–H and O–H groups in total. The van der Waals surface area contributed by atoms with Crippen LogP contribution in [0.1, 0.15) is 95.0 Å². The summed E-state index contributed by atoms with van der Waals surface area (Å²) in [6, 6.07) is 6.13. The summed E-state index contributed by atoms with van der Waals surface area (Å²) in [6.07, 6.45) is 5.97. The Morgan fingerprint density at radius 2 is 1.79 bits per heavy atom. The summed E-state index contributed by atoms with van der Waals surface area (Å²) >= 11 is 0. The van der Waals surface area contributed by atoms with Crippen molar-refractivity contribution in [2.75, 3.05) is 19.6 Å². The molecule has 7 heteroatoms. The van der Waals surface area contributed by atoms with E-state index < -0.39 is 11.5 Å². The Morgan fingerprint density at radius 3 is 2.32 bits per heavy atom. The second-order valence-corrected chi connectivity index (χ2v) is 11.0. The van der Waals surface area contributed by atoms with Gasteiger partial charge in [0.05, 0.1) is 5.56 Å². The third kappa shape index (κ3) is 6.23. The number of carbonyl (C=O) groups excluding carboxylic acids is 2. The van der Waals surface area contributed by atoms with Gasteiger partial charge in [0.25, 0.3) is 5.91 Å². The third-order valence-corrected chi connectivity index (χ3v) is 7.57. The van der Waals surface area contributed by atoms with Crippen LogP contribution in [-0.4, -0.2) is 64.2 Å². The number of hydrogen-bond donors (Lipinski definition) is 2. The van der Waals surface area contributed by atoms with Crippen LogP contribution in [0.2, 0.25) is 0 Å². The monoisotopic (exact) mass is 473 g/mol. The largest absolute Gasteiger partial charge is 0.507 e. The van der Waals surface area contributed by atoms with Crippen LogP contribution in [0, 0.1) is 5.92 Å². The second kappa shape index (κ2) is 11.0. The molecular formula is C27H43N3O4. The van der Waals surface area contributed by atoms with E-state index in [0.717, 1.165) is 57.2 Å². The Labute approximate surface area is 204 Å². The van der Waals surface area contributed by atoms with Crippen molar-refractivity contribution in [1.82, 2.24) is 9.80 Å². The van der Waals surface area contributed by atoms with Crippen molar-refractivity contribution in [3.05, 3.63) is 29.3 Å². The number of rotatable bonds is 9. The van der Waals surface area contributed by atoms with Gasteiger partial charge in [0.15, 0.2) is 0 Å². The summed E-state index contributed by atoms with van der Waals surface area (Å²) in [6.45, 7) is 12.3. The molecule has 0 radical (unpaired) electrons. The zero-order valence-corrected chi connectivity index (χ0v) is 21.5. The minimum atomic E-state index is -0.598. The van der Waals surface area contributed by atoms with E-state index in [1.807, 2.05) is 31.7 Å². The fourth-order valence-electron chi connectivity index (χ4n) is 5.66. The standard InChI is InChI=1S/C27H43N3O4/c1-6-18(7-2)17-29(26(33)34-27(3,4)5)13-14-30-20-11-12-21(30)16-19(15-20)22-9-8-10-23(24(22)31)25(28)32/h8-10,18-21,31H,6-7,11-17H2,1-5H3,(H2,28,32)/t19-,20+,21-. The van der Waals surface area contributed by atoms with E-state index in [4.69, 9.17) is 10.5 Å². The van der Waals surface area contributed by atoms with Crippen LogP contribution in [0.25, 0.3) is 0 Å². The molecule has 34 heavy (non-hydrogen) atoms. The number of aromatic hydroxyl groups is 1. The van der Waals surface area contributed by atoms with Crippen LogP contribution in [-0.2, 0) is 4.74 Å². The van der Waals surface area contributed by atoms with Gasteiger partial charge in [-0.25, -0.2) is 4.79 Å². The Bertz CT molecular complexity index is 848. The predicted molar refractivity (Wildman–Crippen MR) is 134 cm³/mol. The van der Waals surface area contributed by atoms with E-state index in [9.17, 15) is 14.7 Å². The van der Waals surface area contributed by atoms with Crippen molar-refractivity contribution in [2.45, 2.75) is 96.7 Å². The Balaban J connectivity index is 1.68. The van der Waals surface area contributed by atoms with Crippen molar-refractivity contribution in [1.29, 1.82) is 0 Å². The molecule has 1 aromatic rings. The number of primary amides is 1. The van der Waals surface area contributed by atoms with E-state index in [1.165, 1.54) is 0 Å². The molecular weight excluding hydrogens is 430 g/mol. The van der Waals surface area contributed by atoms with E-state index in [2.05, 4.69) is 18.7 Å². The van der Waals surface area contributed by atoms with Crippen molar-refractivity contribution < 1.29 is 19.4 Å². The van der Waals surface area contributed by atoms with Gasteiger partial charge in [0.2, 0.25) is 0 Å². The average molecular weight is 474 g/mol. The van der Waals surface area contributed by atoms with Crippen molar-refractivity contribution in [3.8, 4) is 5.75 Å². The fraction of sp³-hybridized carbons (Fsp3) is 0.704. The summed E-state index contributed by atoms with van der Waals surface area (Å²) in [7, 11) is 0. The van der Waals surface area contributed by atoms with Gasteiger partial charge in [-0.15, -0.1) is 0 Å². The topological polar surface area (TPSA) is 96.1 Å². The van der Waals surface area contributed by atoms with Gasteiger partial charge < -0.3 is 20.5 Å². The van der Waals surface area contributed by atoms with Crippen LogP contribution >= 0.6 is 0 Å². The van der Waals surface area contributed by atoms with Gasteiger partial charge >= 0.3 is 6.09 Å². The molecule has 7 nitrogen and oxygen atoms in total. The smallest absolute Gasteiger partial charge is 0.410 e. The summed E-state index contributed by atoms with van der Waals surface area (Å²) < 4.78 is 5.72. The van der Waals surface area contributed by atoms with Crippen molar-refractivity contribution in [2.24, 2.45) is 11.7 Å². The molecule has 3 rings (SSSR count). The minimum absolute atomic E-state index is 0.0362. The van der Waals surface area contributed by atoms with Gasteiger partial charge in [-0.1, -0.05) is 38.8 Å². The molecule has 0 spiro atoms. The van der Waals surface area contributed by atoms with E-state index in [-0.39, 0.29) is 23.3 Å². The number of amides is 2. The summed E-state index contributed by atoms with van der Waals surface area (Å²) in [5.41, 5.74) is 5.95. The first kappa shape index (κ1) is 26.3. The maximum absolute atomic E-state index is 13.0. The number of nitrogens with zero attached hydrogens (tertiary/aromatic N) is 2. The van der Waals surface area contributed by atoms with Crippen molar-refractivity contribution in [3.63, 3.8) is 0 Å². The molecule has 2 amide bonds. The van der Waals surface area contributed by atoms with E-state index >= 15 is 0 Å². The van der Waals surface area contributed by atoms with Crippen LogP contribution in [0.4, 0.5) is 4.79 Å². The highest BCUT2D eigenvalue weighted by Crippen LogP contribution is 2.45. The first-order chi connectivity index (χ1) is 16.0. The van der Waals surface area contributed by atoms with Gasteiger partial charge in [0.1, 0.15) is 11.4 Å². The SMILES string of the molecule is CCC(CC)CN(CCN1[C@@H]2CC[C@H]1C[C@@H](c1cccc(C(N)=O)c1O)C2)C(=O)OC(C)(C)C. The van der Waals surface area contributed by atoms with Crippen LogP contribution < -0.4 is 5.73 Å². The summed E-state index contributed by atoms with van der Waals surface area (Å²) in [5, 5.41) is 10.7. The molecule has 3 atom stereocenters.